The van der Waals surface area contributed by atoms with Gasteiger partial charge in [0.2, 0.25) is 0 Å². The molecule has 3 aromatic heterocycles. The normalized spacial score (nSPS) is 12.4. The van der Waals surface area contributed by atoms with Gasteiger partial charge in [-0.2, -0.15) is 0 Å². The molecule has 0 amide bonds. The summed E-state index contributed by atoms with van der Waals surface area (Å²) in [4.78, 5) is 0. The van der Waals surface area contributed by atoms with Crippen molar-refractivity contribution in [2.24, 2.45) is 0 Å². The highest BCUT2D eigenvalue weighted by Crippen LogP contribution is 2.51. The zero-order valence-corrected chi connectivity index (χ0v) is 30.4. The zero-order chi connectivity index (χ0) is 35.8. The van der Waals surface area contributed by atoms with E-state index in [4.69, 9.17) is 0 Å². The minimum Gasteiger partial charge on any atom is -0.307 e. The van der Waals surface area contributed by atoms with Gasteiger partial charge in [-0.15, -0.1) is 11.3 Å². The Labute approximate surface area is 319 Å². The van der Waals surface area contributed by atoms with Crippen molar-refractivity contribution in [1.82, 2.24) is 9.13 Å². The van der Waals surface area contributed by atoms with Gasteiger partial charge in [-0.25, -0.2) is 0 Å². The van der Waals surface area contributed by atoms with Crippen LogP contribution in [0.5, 0.6) is 0 Å². The Morgan fingerprint density at radius 1 is 0.309 bits per heavy atom. The van der Waals surface area contributed by atoms with Crippen molar-refractivity contribution in [3.05, 3.63) is 182 Å². The number of fused-ring (bicyclic) bond motifs is 20. The van der Waals surface area contributed by atoms with Crippen LogP contribution in [0.3, 0.4) is 0 Å². The second-order valence-electron chi connectivity index (χ2n) is 14.8. The molecule has 3 heterocycles. The van der Waals surface area contributed by atoms with Crippen LogP contribution in [0.15, 0.2) is 182 Å². The van der Waals surface area contributed by atoms with Gasteiger partial charge in [0.15, 0.2) is 0 Å². The molecule has 0 saturated heterocycles. The fraction of sp³-hybridized carbons (Fsp3) is 0. The minimum atomic E-state index is 1.16. The minimum absolute atomic E-state index is 1.16. The molecule has 0 spiro atoms. The van der Waals surface area contributed by atoms with Crippen molar-refractivity contribution in [2.45, 2.75) is 0 Å². The van der Waals surface area contributed by atoms with E-state index in [2.05, 4.69) is 191 Å². The van der Waals surface area contributed by atoms with Gasteiger partial charge in [0.05, 0.1) is 22.1 Å². The first-order valence-corrected chi connectivity index (χ1v) is 19.8. The molecule has 3 heteroatoms. The summed E-state index contributed by atoms with van der Waals surface area (Å²) in [6.07, 6.45) is 0. The van der Waals surface area contributed by atoms with Crippen molar-refractivity contribution in [1.29, 1.82) is 0 Å². The summed E-state index contributed by atoms with van der Waals surface area (Å²) in [5.41, 5.74) is 7.20. The van der Waals surface area contributed by atoms with Crippen LogP contribution in [0, 0.1) is 0 Å². The number of hydrogen-bond acceptors (Lipinski definition) is 1. The summed E-state index contributed by atoms with van der Waals surface area (Å²) in [7, 11) is 0. The van der Waals surface area contributed by atoms with E-state index in [1.165, 1.54) is 113 Å². The van der Waals surface area contributed by atoms with Crippen molar-refractivity contribution in [3.63, 3.8) is 0 Å². The van der Waals surface area contributed by atoms with Crippen LogP contribution >= 0.6 is 11.3 Å². The van der Waals surface area contributed by atoms with Gasteiger partial charge in [0, 0.05) is 63.9 Å². The molecule has 0 aliphatic rings. The van der Waals surface area contributed by atoms with Gasteiger partial charge < -0.3 is 9.13 Å². The molecule has 13 rings (SSSR count). The molecular formula is C52H30N2S. The Morgan fingerprint density at radius 3 is 1.44 bits per heavy atom. The van der Waals surface area contributed by atoms with E-state index >= 15 is 0 Å². The lowest BCUT2D eigenvalue weighted by atomic mass is 9.89. The quantitative estimate of drug-likeness (QED) is 0.158. The number of aromatic nitrogens is 2. The van der Waals surface area contributed by atoms with Crippen molar-refractivity contribution < 1.29 is 0 Å². The summed E-state index contributed by atoms with van der Waals surface area (Å²) < 4.78 is 7.74. The Bertz CT molecular complexity index is 3770. The Morgan fingerprint density at radius 2 is 0.800 bits per heavy atom. The van der Waals surface area contributed by atoms with Crippen LogP contribution in [-0.4, -0.2) is 9.13 Å². The van der Waals surface area contributed by atoms with Gasteiger partial charge in [0.25, 0.3) is 0 Å². The van der Waals surface area contributed by atoms with Crippen molar-refractivity contribution >= 4 is 118 Å². The molecule has 0 fully saturated rings. The monoisotopic (exact) mass is 714 g/mol. The summed E-state index contributed by atoms with van der Waals surface area (Å²) in [5.74, 6) is 0. The van der Waals surface area contributed by atoms with Crippen LogP contribution in [0.25, 0.3) is 118 Å². The maximum Gasteiger partial charge on any atom is 0.0795 e. The number of benzene rings is 10. The van der Waals surface area contributed by atoms with Crippen LogP contribution in [0.1, 0.15) is 0 Å². The lowest BCUT2D eigenvalue weighted by Gasteiger charge is -2.16. The fourth-order valence-electron chi connectivity index (χ4n) is 9.84. The maximum absolute atomic E-state index is 2.57. The zero-order valence-electron chi connectivity index (χ0n) is 29.6. The molecule has 0 aliphatic carbocycles. The Balaban J connectivity index is 1.32. The van der Waals surface area contributed by atoms with E-state index in [-0.39, 0.29) is 0 Å². The highest BCUT2D eigenvalue weighted by Gasteiger charge is 2.27. The third-order valence-corrected chi connectivity index (χ3v) is 13.2. The molecule has 0 atom stereocenters. The topological polar surface area (TPSA) is 9.86 Å². The summed E-state index contributed by atoms with van der Waals surface area (Å²) in [5, 5.41) is 18.1. The van der Waals surface area contributed by atoms with E-state index in [0.29, 0.717) is 0 Å². The summed E-state index contributed by atoms with van der Waals surface area (Å²) in [6.45, 7) is 0. The van der Waals surface area contributed by atoms with Gasteiger partial charge in [-0.05, 0) is 68.7 Å². The van der Waals surface area contributed by atoms with Gasteiger partial charge in [-0.1, -0.05) is 146 Å². The van der Waals surface area contributed by atoms with E-state index in [0.717, 1.165) is 5.69 Å². The van der Waals surface area contributed by atoms with Crippen LogP contribution in [0.4, 0.5) is 0 Å². The Kier molecular flexibility index (Phi) is 5.80. The van der Waals surface area contributed by atoms with Crippen LogP contribution in [0.2, 0.25) is 0 Å². The molecule has 0 bridgehead atoms. The largest absolute Gasteiger partial charge is 0.307 e. The van der Waals surface area contributed by atoms with Gasteiger partial charge >= 0.3 is 0 Å². The second kappa shape index (κ2) is 10.8. The first-order chi connectivity index (χ1) is 27.3. The summed E-state index contributed by atoms with van der Waals surface area (Å²) >= 11 is 1.91. The molecule has 0 N–H and O–H groups in total. The average Bonchev–Trinajstić information content (AvgIpc) is 3.92. The first kappa shape index (κ1) is 29.5. The van der Waals surface area contributed by atoms with E-state index in [1.807, 2.05) is 11.3 Å². The van der Waals surface area contributed by atoms with Gasteiger partial charge in [0.1, 0.15) is 0 Å². The number of rotatable bonds is 2. The van der Waals surface area contributed by atoms with E-state index < -0.39 is 0 Å². The van der Waals surface area contributed by atoms with Crippen LogP contribution < -0.4 is 0 Å². The van der Waals surface area contributed by atoms with E-state index in [9.17, 15) is 0 Å². The maximum atomic E-state index is 2.57. The highest BCUT2D eigenvalue weighted by atomic mass is 32.1. The molecule has 0 saturated carbocycles. The smallest absolute Gasteiger partial charge is 0.0795 e. The molecule has 10 aromatic carbocycles. The molecule has 2 nitrogen and oxygen atoms in total. The molecule has 254 valence electrons. The highest BCUT2D eigenvalue weighted by molar-refractivity contribution is 7.26. The third-order valence-electron chi connectivity index (χ3n) is 12.0. The standard InChI is InChI=1S/C52H30N2S/c1-2-15-32(16-3-1)53-43-24-12-10-22-41(43)48-46-38-20-8-6-18-35(38)36-19-7-9-21-39(36)47(46)49-42-23-11-13-25-44(42)54(51(49)50(48)53)33-27-29-37-40-28-26-31-14-4-5-17-34(31)52(40)55-45(37)30-33/h1-30H. The number of hydrogen-bond donors (Lipinski definition) is 0. The second-order valence-corrected chi connectivity index (χ2v) is 15.8. The van der Waals surface area contributed by atoms with Crippen molar-refractivity contribution in [3.8, 4) is 11.4 Å². The van der Waals surface area contributed by atoms with E-state index in [1.54, 1.807) is 0 Å². The summed E-state index contributed by atoms with van der Waals surface area (Å²) in [6, 6.07) is 67.5. The lowest BCUT2D eigenvalue weighted by Crippen LogP contribution is -1.99. The number of thiophene rings is 1. The molecule has 13 aromatic rings. The number of nitrogens with zero attached hydrogens (tertiary/aromatic N) is 2. The molecule has 0 unspecified atom stereocenters. The van der Waals surface area contributed by atoms with Gasteiger partial charge in [-0.3, -0.25) is 0 Å². The molecule has 0 radical (unpaired) electrons. The predicted molar refractivity (Wildman–Crippen MR) is 238 cm³/mol. The Hall–Kier alpha value is -6.94. The predicted octanol–water partition coefficient (Wildman–Crippen LogP) is 14.9. The first-order valence-electron chi connectivity index (χ1n) is 18.9. The average molecular weight is 715 g/mol. The molecule has 0 aliphatic heterocycles. The SMILES string of the molecule is c1ccc(-n2c3ccccc3c3c4c5ccccc5c5ccccc5c4c4c5ccccc5n(-c5ccc6c(c5)sc5c7ccccc7ccc65)c4c32)cc1. The lowest BCUT2D eigenvalue weighted by molar-refractivity contribution is 1.15. The molecular weight excluding hydrogens is 685 g/mol. The van der Waals surface area contributed by atoms with Crippen LogP contribution in [-0.2, 0) is 0 Å². The fourth-order valence-corrected chi connectivity index (χ4v) is 11.1. The third kappa shape index (κ3) is 3.82. The van der Waals surface area contributed by atoms with Crippen molar-refractivity contribution in [2.75, 3.05) is 0 Å². The molecule has 55 heavy (non-hydrogen) atoms. The number of para-hydroxylation sites is 3.